The lowest BCUT2D eigenvalue weighted by Crippen LogP contribution is -2.29. The van der Waals surface area contributed by atoms with Crippen LogP contribution >= 0.6 is 15.9 Å². The molecule has 18 heavy (non-hydrogen) atoms. The molecule has 0 aromatic heterocycles. The second kappa shape index (κ2) is 8.51. The van der Waals surface area contributed by atoms with Gasteiger partial charge in [-0.3, -0.25) is 0 Å². The zero-order valence-corrected chi connectivity index (χ0v) is 13.0. The van der Waals surface area contributed by atoms with Crippen LogP contribution in [0.15, 0.2) is 28.7 Å². The average molecular weight is 315 g/mol. The summed E-state index contributed by atoms with van der Waals surface area (Å²) in [6.45, 7) is 7.82. The molecule has 0 heterocycles. The standard InChI is InChI=1S/C14H23BrN2O/c1-12(2)18-11-10-17(3)9-8-16-14-7-5-4-6-13(14)15/h4-7,12,16H,8-11H2,1-3H3. The Labute approximate surface area is 119 Å². The van der Waals surface area contributed by atoms with E-state index in [-0.39, 0.29) is 0 Å². The summed E-state index contributed by atoms with van der Waals surface area (Å²) in [5.74, 6) is 0. The maximum Gasteiger partial charge on any atom is 0.0596 e. The molecule has 1 N–H and O–H groups in total. The molecule has 0 aliphatic heterocycles. The first-order chi connectivity index (χ1) is 8.59. The highest BCUT2D eigenvalue weighted by Crippen LogP contribution is 2.20. The van der Waals surface area contributed by atoms with E-state index in [0.717, 1.165) is 36.4 Å². The van der Waals surface area contributed by atoms with Crippen molar-refractivity contribution in [3.05, 3.63) is 28.7 Å². The van der Waals surface area contributed by atoms with Crippen molar-refractivity contribution in [2.45, 2.75) is 20.0 Å². The molecule has 0 bridgehead atoms. The van der Waals surface area contributed by atoms with Crippen LogP contribution in [0.2, 0.25) is 0 Å². The Kier molecular flexibility index (Phi) is 7.32. The van der Waals surface area contributed by atoms with Gasteiger partial charge >= 0.3 is 0 Å². The minimum Gasteiger partial charge on any atom is -0.383 e. The Balaban J connectivity index is 2.15. The van der Waals surface area contributed by atoms with Crippen molar-refractivity contribution < 1.29 is 4.74 Å². The summed E-state index contributed by atoms with van der Waals surface area (Å²) in [4.78, 5) is 2.27. The molecule has 0 fully saturated rings. The van der Waals surface area contributed by atoms with Gasteiger partial charge in [0.15, 0.2) is 0 Å². The molecule has 1 aromatic rings. The van der Waals surface area contributed by atoms with E-state index >= 15 is 0 Å². The fourth-order valence-electron chi connectivity index (χ4n) is 1.54. The summed E-state index contributed by atoms with van der Waals surface area (Å²) in [7, 11) is 2.12. The van der Waals surface area contributed by atoms with Gasteiger partial charge in [-0.15, -0.1) is 0 Å². The molecule has 0 radical (unpaired) electrons. The highest BCUT2D eigenvalue weighted by molar-refractivity contribution is 9.10. The van der Waals surface area contributed by atoms with Crippen LogP contribution in [0.4, 0.5) is 5.69 Å². The molecular weight excluding hydrogens is 292 g/mol. The number of anilines is 1. The number of halogens is 1. The van der Waals surface area contributed by atoms with Crippen LogP contribution in [0.25, 0.3) is 0 Å². The monoisotopic (exact) mass is 314 g/mol. The lowest BCUT2D eigenvalue weighted by molar-refractivity contribution is 0.0645. The van der Waals surface area contributed by atoms with E-state index in [1.165, 1.54) is 0 Å². The smallest absolute Gasteiger partial charge is 0.0596 e. The lowest BCUT2D eigenvalue weighted by Gasteiger charge is -2.18. The largest absolute Gasteiger partial charge is 0.383 e. The van der Waals surface area contributed by atoms with Crippen LogP contribution in [0.5, 0.6) is 0 Å². The normalized spacial score (nSPS) is 11.2. The van der Waals surface area contributed by atoms with Gasteiger partial charge in [-0.1, -0.05) is 12.1 Å². The molecule has 4 heteroatoms. The fraction of sp³-hybridized carbons (Fsp3) is 0.571. The molecule has 102 valence electrons. The van der Waals surface area contributed by atoms with Crippen LogP contribution in [0.3, 0.4) is 0 Å². The number of ether oxygens (including phenoxy) is 1. The number of para-hydroxylation sites is 1. The Bertz CT molecular complexity index is 344. The maximum atomic E-state index is 5.53. The number of rotatable bonds is 8. The molecular formula is C14H23BrN2O. The average Bonchev–Trinajstić information content (AvgIpc) is 2.31. The molecule has 3 nitrogen and oxygen atoms in total. The molecule has 1 rings (SSSR count). The molecule has 0 unspecified atom stereocenters. The van der Waals surface area contributed by atoms with E-state index in [9.17, 15) is 0 Å². The van der Waals surface area contributed by atoms with Gasteiger partial charge in [-0.25, -0.2) is 0 Å². The summed E-state index contributed by atoms with van der Waals surface area (Å²) in [6.07, 6.45) is 0.316. The third-order valence-electron chi connectivity index (χ3n) is 2.61. The number of nitrogens with zero attached hydrogens (tertiary/aromatic N) is 1. The van der Waals surface area contributed by atoms with Gasteiger partial charge in [0, 0.05) is 29.8 Å². The molecule has 0 saturated carbocycles. The molecule has 0 saturated heterocycles. The van der Waals surface area contributed by atoms with Crippen molar-refractivity contribution in [2.75, 3.05) is 38.6 Å². The third kappa shape index (κ3) is 6.38. The molecule has 0 atom stereocenters. The summed E-state index contributed by atoms with van der Waals surface area (Å²) >= 11 is 3.53. The zero-order valence-electron chi connectivity index (χ0n) is 11.4. The van der Waals surface area contributed by atoms with Gasteiger partial charge in [0.25, 0.3) is 0 Å². The molecule has 0 aliphatic rings. The second-order valence-electron chi connectivity index (χ2n) is 4.63. The Hall–Kier alpha value is -0.580. The number of hydrogen-bond donors (Lipinski definition) is 1. The van der Waals surface area contributed by atoms with E-state index in [4.69, 9.17) is 4.74 Å². The van der Waals surface area contributed by atoms with Gasteiger partial charge in [0.1, 0.15) is 0 Å². The first-order valence-corrected chi connectivity index (χ1v) is 7.17. The molecule has 0 amide bonds. The van der Waals surface area contributed by atoms with E-state index in [0.29, 0.717) is 6.10 Å². The third-order valence-corrected chi connectivity index (χ3v) is 3.30. The van der Waals surface area contributed by atoms with Crippen molar-refractivity contribution in [3.8, 4) is 0 Å². The zero-order chi connectivity index (χ0) is 13.4. The Morgan fingerprint density at radius 2 is 2.00 bits per heavy atom. The predicted octanol–water partition coefficient (Wildman–Crippen LogP) is 3.22. The number of nitrogens with one attached hydrogen (secondary N) is 1. The molecule has 0 spiro atoms. The summed E-state index contributed by atoms with van der Waals surface area (Å²) in [6, 6.07) is 8.17. The predicted molar refractivity (Wildman–Crippen MR) is 81.2 cm³/mol. The van der Waals surface area contributed by atoms with E-state index < -0.39 is 0 Å². The van der Waals surface area contributed by atoms with Crippen LogP contribution < -0.4 is 5.32 Å². The summed E-state index contributed by atoms with van der Waals surface area (Å²) < 4.78 is 6.63. The van der Waals surface area contributed by atoms with Gasteiger partial charge in [-0.05, 0) is 49.0 Å². The minimum atomic E-state index is 0.316. The van der Waals surface area contributed by atoms with Crippen LogP contribution in [0, 0.1) is 0 Å². The molecule has 0 aliphatic carbocycles. The van der Waals surface area contributed by atoms with E-state index in [1.807, 2.05) is 18.2 Å². The Morgan fingerprint density at radius 3 is 2.67 bits per heavy atom. The number of hydrogen-bond acceptors (Lipinski definition) is 3. The fourth-order valence-corrected chi connectivity index (χ4v) is 1.97. The van der Waals surface area contributed by atoms with Gasteiger partial charge in [-0.2, -0.15) is 0 Å². The van der Waals surface area contributed by atoms with E-state index in [1.54, 1.807) is 0 Å². The Morgan fingerprint density at radius 1 is 1.28 bits per heavy atom. The lowest BCUT2D eigenvalue weighted by atomic mass is 10.3. The highest BCUT2D eigenvalue weighted by atomic mass is 79.9. The topological polar surface area (TPSA) is 24.5 Å². The first kappa shape index (κ1) is 15.5. The van der Waals surface area contributed by atoms with Gasteiger partial charge in [0.2, 0.25) is 0 Å². The quantitative estimate of drug-likeness (QED) is 0.797. The van der Waals surface area contributed by atoms with Crippen molar-refractivity contribution in [2.24, 2.45) is 0 Å². The summed E-state index contributed by atoms with van der Waals surface area (Å²) in [5.41, 5.74) is 1.14. The van der Waals surface area contributed by atoms with Crippen LogP contribution in [0.1, 0.15) is 13.8 Å². The van der Waals surface area contributed by atoms with Crippen molar-refractivity contribution >= 4 is 21.6 Å². The van der Waals surface area contributed by atoms with Crippen molar-refractivity contribution in [1.82, 2.24) is 4.90 Å². The minimum absolute atomic E-state index is 0.316. The van der Waals surface area contributed by atoms with E-state index in [2.05, 4.69) is 53.1 Å². The second-order valence-corrected chi connectivity index (χ2v) is 5.48. The number of likely N-dealkylation sites (N-methyl/N-ethyl adjacent to an activating group) is 1. The van der Waals surface area contributed by atoms with Crippen LogP contribution in [-0.4, -0.2) is 44.3 Å². The van der Waals surface area contributed by atoms with Crippen molar-refractivity contribution in [3.63, 3.8) is 0 Å². The highest BCUT2D eigenvalue weighted by Gasteiger charge is 2.01. The van der Waals surface area contributed by atoms with Crippen LogP contribution in [-0.2, 0) is 4.74 Å². The SMILES string of the molecule is CC(C)OCCN(C)CCNc1ccccc1Br. The van der Waals surface area contributed by atoms with Crippen molar-refractivity contribution in [1.29, 1.82) is 0 Å². The van der Waals surface area contributed by atoms with Gasteiger partial charge < -0.3 is 15.0 Å². The first-order valence-electron chi connectivity index (χ1n) is 6.38. The number of benzene rings is 1. The van der Waals surface area contributed by atoms with Gasteiger partial charge in [0.05, 0.1) is 12.7 Å². The molecule has 1 aromatic carbocycles. The maximum absolute atomic E-state index is 5.53. The summed E-state index contributed by atoms with van der Waals surface area (Å²) in [5, 5.41) is 3.41.